The molecule has 1 aliphatic rings. The van der Waals surface area contributed by atoms with E-state index < -0.39 is 12.1 Å². The Labute approximate surface area is 162 Å². The predicted octanol–water partition coefficient (Wildman–Crippen LogP) is 5.05. The van der Waals surface area contributed by atoms with Crippen LogP contribution in [0.2, 0.25) is 0 Å². The molecule has 0 aliphatic heterocycles. The minimum atomic E-state index is -1.03. The molecule has 140 valence electrons. The second kappa shape index (κ2) is 7.19. The normalized spacial score (nSPS) is 12.2. The van der Waals surface area contributed by atoms with Crippen molar-refractivity contribution in [2.75, 3.05) is 11.9 Å². The number of amides is 1. The zero-order valence-electron chi connectivity index (χ0n) is 15.3. The fourth-order valence-corrected chi connectivity index (χ4v) is 3.75. The molecule has 28 heavy (non-hydrogen) atoms. The maximum absolute atomic E-state index is 12.3. The summed E-state index contributed by atoms with van der Waals surface area (Å²) in [4.78, 5) is 23.6. The predicted molar refractivity (Wildman–Crippen MR) is 107 cm³/mol. The van der Waals surface area contributed by atoms with Crippen LogP contribution in [0.5, 0.6) is 0 Å². The SMILES string of the molecule is Cc1c(NC(=O)OCC2c3ccccc3-c3ccccc32)cccc1C(=O)O. The van der Waals surface area contributed by atoms with E-state index in [0.717, 1.165) is 22.3 Å². The molecule has 3 aromatic rings. The summed E-state index contributed by atoms with van der Waals surface area (Å²) < 4.78 is 5.50. The summed E-state index contributed by atoms with van der Waals surface area (Å²) in [6.45, 7) is 1.86. The number of benzene rings is 3. The number of carboxylic acids is 1. The fraction of sp³-hybridized carbons (Fsp3) is 0.130. The van der Waals surface area contributed by atoms with E-state index in [9.17, 15) is 14.7 Å². The van der Waals surface area contributed by atoms with Gasteiger partial charge in [-0.25, -0.2) is 9.59 Å². The van der Waals surface area contributed by atoms with Gasteiger partial charge >= 0.3 is 12.1 Å². The van der Waals surface area contributed by atoms with Crippen LogP contribution in [0, 0.1) is 6.92 Å². The summed E-state index contributed by atoms with van der Waals surface area (Å²) in [5.41, 5.74) is 5.67. The third-order valence-electron chi connectivity index (χ3n) is 5.14. The van der Waals surface area contributed by atoms with E-state index in [1.165, 1.54) is 6.07 Å². The number of fused-ring (bicyclic) bond motifs is 3. The van der Waals surface area contributed by atoms with Gasteiger partial charge in [0.1, 0.15) is 6.61 Å². The van der Waals surface area contributed by atoms with Crippen LogP contribution in [0.1, 0.15) is 33.0 Å². The molecule has 0 radical (unpaired) electrons. The Morgan fingerprint density at radius 3 is 2.14 bits per heavy atom. The van der Waals surface area contributed by atoms with Crippen molar-refractivity contribution in [1.82, 2.24) is 0 Å². The van der Waals surface area contributed by atoms with Crippen LogP contribution >= 0.6 is 0 Å². The first-order valence-corrected chi connectivity index (χ1v) is 9.01. The number of carbonyl (C=O) groups excluding carboxylic acids is 1. The summed E-state index contributed by atoms with van der Waals surface area (Å²) in [6.07, 6.45) is -0.604. The fourth-order valence-electron chi connectivity index (χ4n) is 3.75. The molecule has 0 saturated carbocycles. The van der Waals surface area contributed by atoms with Crippen LogP contribution in [0.25, 0.3) is 11.1 Å². The quantitative estimate of drug-likeness (QED) is 0.671. The summed E-state index contributed by atoms with van der Waals surface area (Å²) in [5, 5.41) is 11.9. The summed E-state index contributed by atoms with van der Waals surface area (Å²) in [6, 6.07) is 21.0. The molecular weight excluding hydrogens is 354 g/mol. The van der Waals surface area contributed by atoms with Gasteiger partial charge in [-0.15, -0.1) is 0 Å². The first-order chi connectivity index (χ1) is 13.6. The van der Waals surface area contributed by atoms with Crippen molar-refractivity contribution in [3.05, 3.63) is 89.0 Å². The van der Waals surface area contributed by atoms with Crippen LogP contribution in [0.15, 0.2) is 66.7 Å². The molecule has 3 aromatic carbocycles. The molecule has 0 heterocycles. The lowest BCUT2D eigenvalue weighted by molar-refractivity contribution is 0.0696. The Morgan fingerprint density at radius 1 is 0.929 bits per heavy atom. The molecule has 5 nitrogen and oxygen atoms in total. The van der Waals surface area contributed by atoms with Gasteiger partial charge in [-0.1, -0.05) is 54.6 Å². The number of ether oxygens (including phenoxy) is 1. The number of aromatic carboxylic acids is 1. The maximum Gasteiger partial charge on any atom is 0.411 e. The molecule has 0 fully saturated rings. The molecule has 0 atom stereocenters. The molecule has 1 amide bonds. The number of anilines is 1. The van der Waals surface area contributed by atoms with Gasteiger partial charge in [0, 0.05) is 11.6 Å². The zero-order chi connectivity index (χ0) is 19.7. The topological polar surface area (TPSA) is 75.6 Å². The van der Waals surface area contributed by atoms with Crippen molar-refractivity contribution in [2.24, 2.45) is 0 Å². The largest absolute Gasteiger partial charge is 0.478 e. The highest BCUT2D eigenvalue weighted by atomic mass is 16.5. The molecular formula is C23H19NO4. The van der Waals surface area contributed by atoms with Crippen molar-refractivity contribution in [3.63, 3.8) is 0 Å². The number of rotatable bonds is 4. The highest BCUT2D eigenvalue weighted by Gasteiger charge is 2.29. The Morgan fingerprint density at radius 2 is 1.54 bits per heavy atom. The van der Waals surface area contributed by atoms with Crippen molar-refractivity contribution in [2.45, 2.75) is 12.8 Å². The van der Waals surface area contributed by atoms with Crippen molar-refractivity contribution >= 4 is 17.7 Å². The number of carbonyl (C=O) groups is 2. The standard InChI is InChI=1S/C23H19NO4/c1-14-15(22(25)26)11-6-12-21(14)24-23(27)28-13-20-18-9-4-2-7-16(18)17-8-3-5-10-19(17)20/h2-12,20H,13H2,1H3,(H,24,27)(H,25,26). The van der Waals surface area contributed by atoms with E-state index in [2.05, 4.69) is 29.6 Å². The minimum absolute atomic E-state index is 0.0235. The van der Waals surface area contributed by atoms with Crippen molar-refractivity contribution in [3.8, 4) is 11.1 Å². The number of carboxylic acid groups (broad SMARTS) is 1. The zero-order valence-corrected chi connectivity index (χ0v) is 15.3. The Bertz CT molecular complexity index is 1030. The van der Waals surface area contributed by atoms with Crippen molar-refractivity contribution in [1.29, 1.82) is 0 Å². The van der Waals surface area contributed by atoms with E-state index in [1.54, 1.807) is 19.1 Å². The number of nitrogens with one attached hydrogen (secondary N) is 1. The number of hydrogen-bond acceptors (Lipinski definition) is 3. The van der Waals surface area contributed by atoms with Crippen LogP contribution in [0.3, 0.4) is 0 Å². The van der Waals surface area contributed by atoms with E-state index >= 15 is 0 Å². The lowest BCUT2D eigenvalue weighted by Crippen LogP contribution is -2.19. The Hall–Kier alpha value is -3.60. The van der Waals surface area contributed by atoms with Gasteiger partial charge in [0.2, 0.25) is 0 Å². The summed E-state index contributed by atoms with van der Waals surface area (Å²) in [5.74, 6) is -1.06. The molecule has 0 aromatic heterocycles. The Kier molecular flexibility index (Phi) is 4.57. The smallest absolute Gasteiger partial charge is 0.411 e. The second-order valence-corrected chi connectivity index (χ2v) is 6.73. The highest BCUT2D eigenvalue weighted by Crippen LogP contribution is 2.44. The van der Waals surface area contributed by atoms with E-state index in [4.69, 9.17) is 4.74 Å². The van der Waals surface area contributed by atoms with Gasteiger partial charge in [0.25, 0.3) is 0 Å². The van der Waals surface area contributed by atoms with Crippen LogP contribution in [-0.4, -0.2) is 23.8 Å². The van der Waals surface area contributed by atoms with Gasteiger partial charge in [0.05, 0.1) is 5.56 Å². The second-order valence-electron chi connectivity index (χ2n) is 6.73. The summed E-state index contributed by atoms with van der Waals surface area (Å²) in [7, 11) is 0. The molecule has 2 N–H and O–H groups in total. The van der Waals surface area contributed by atoms with E-state index in [-0.39, 0.29) is 18.1 Å². The Balaban J connectivity index is 1.50. The van der Waals surface area contributed by atoms with Crippen LogP contribution < -0.4 is 5.32 Å². The van der Waals surface area contributed by atoms with Gasteiger partial charge in [-0.3, -0.25) is 5.32 Å². The molecule has 5 heteroatoms. The average molecular weight is 373 g/mol. The lowest BCUT2D eigenvalue weighted by Gasteiger charge is -2.15. The van der Waals surface area contributed by atoms with Gasteiger partial charge < -0.3 is 9.84 Å². The molecule has 4 rings (SSSR count). The molecule has 0 spiro atoms. The monoisotopic (exact) mass is 373 g/mol. The minimum Gasteiger partial charge on any atom is -0.478 e. The van der Waals surface area contributed by atoms with Gasteiger partial charge in [0.15, 0.2) is 0 Å². The average Bonchev–Trinajstić information content (AvgIpc) is 3.02. The first kappa shape index (κ1) is 17.8. The van der Waals surface area contributed by atoms with E-state index in [0.29, 0.717) is 11.3 Å². The number of hydrogen-bond donors (Lipinski definition) is 2. The van der Waals surface area contributed by atoms with Gasteiger partial charge in [-0.05, 0) is 46.9 Å². The van der Waals surface area contributed by atoms with Gasteiger partial charge in [-0.2, -0.15) is 0 Å². The maximum atomic E-state index is 12.3. The van der Waals surface area contributed by atoms with Crippen molar-refractivity contribution < 1.29 is 19.4 Å². The van der Waals surface area contributed by atoms with E-state index in [1.807, 2.05) is 24.3 Å². The molecule has 0 bridgehead atoms. The molecule has 0 saturated heterocycles. The first-order valence-electron chi connectivity index (χ1n) is 9.01. The third kappa shape index (κ3) is 3.11. The molecule has 0 unspecified atom stereocenters. The van der Waals surface area contributed by atoms with Crippen LogP contribution in [-0.2, 0) is 4.74 Å². The van der Waals surface area contributed by atoms with Crippen LogP contribution in [0.4, 0.5) is 10.5 Å². The molecule has 1 aliphatic carbocycles. The third-order valence-corrected chi connectivity index (χ3v) is 5.14. The lowest BCUT2D eigenvalue weighted by atomic mass is 9.98. The highest BCUT2D eigenvalue weighted by molar-refractivity contribution is 5.94. The summed E-state index contributed by atoms with van der Waals surface area (Å²) >= 11 is 0.